The Labute approximate surface area is 126 Å². The molecule has 3 rings (SSSR count). The number of pyridine rings is 1. The summed E-state index contributed by atoms with van der Waals surface area (Å²) in [6.45, 7) is 6.89. The fraction of sp³-hybridized carbons (Fsp3) is 0.688. The van der Waals surface area contributed by atoms with Gasteiger partial charge < -0.3 is 5.73 Å². The van der Waals surface area contributed by atoms with Gasteiger partial charge in [0.2, 0.25) is 0 Å². The molecule has 2 N–H and O–H groups in total. The minimum absolute atomic E-state index is 0.112. The molecule has 0 bridgehead atoms. The second kappa shape index (κ2) is 6.38. The SMILES string of the molecule is CC1CN2CCCC2CN1CCC(N)c1ccc(F)cn1. The average molecular weight is 292 g/mol. The normalized spacial score (nSPS) is 28.5. The number of halogens is 1. The van der Waals surface area contributed by atoms with Crippen LogP contribution in [0.25, 0.3) is 0 Å². The number of aromatic nitrogens is 1. The molecular weight excluding hydrogens is 267 g/mol. The van der Waals surface area contributed by atoms with Gasteiger partial charge in [0.25, 0.3) is 0 Å². The average Bonchev–Trinajstić information content (AvgIpc) is 2.92. The van der Waals surface area contributed by atoms with Gasteiger partial charge in [-0.25, -0.2) is 4.39 Å². The van der Waals surface area contributed by atoms with E-state index in [9.17, 15) is 4.39 Å². The predicted octanol–water partition coefficient (Wildman–Crippen LogP) is 1.78. The van der Waals surface area contributed by atoms with Crippen molar-refractivity contribution in [2.45, 2.75) is 44.3 Å². The molecule has 1 aromatic heterocycles. The summed E-state index contributed by atoms with van der Waals surface area (Å²) in [5.74, 6) is -0.308. The number of rotatable bonds is 4. The molecule has 0 saturated carbocycles. The van der Waals surface area contributed by atoms with Gasteiger partial charge >= 0.3 is 0 Å². The van der Waals surface area contributed by atoms with E-state index < -0.39 is 0 Å². The van der Waals surface area contributed by atoms with Crippen molar-refractivity contribution < 1.29 is 4.39 Å². The molecule has 21 heavy (non-hydrogen) atoms. The van der Waals surface area contributed by atoms with Crippen LogP contribution in [0.2, 0.25) is 0 Å². The van der Waals surface area contributed by atoms with Crippen LogP contribution in [0, 0.1) is 5.82 Å². The van der Waals surface area contributed by atoms with E-state index in [0.29, 0.717) is 6.04 Å². The molecule has 0 radical (unpaired) electrons. The maximum atomic E-state index is 12.9. The zero-order valence-electron chi connectivity index (χ0n) is 12.7. The van der Waals surface area contributed by atoms with Crippen molar-refractivity contribution in [2.75, 3.05) is 26.2 Å². The molecule has 2 aliphatic rings. The first-order valence-electron chi connectivity index (χ1n) is 7.98. The number of piperazine rings is 1. The highest BCUT2D eigenvalue weighted by Crippen LogP contribution is 2.25. The molecule has 1 aromatic rings. The van der Waals surface area contributed by atoms with Crippen LogP contribution >= 0.6 is 0 Å². The first-order chi connectivity index (χ1) is 10.1. The summed E-state index contributed by atoms with van der Waals surface area (Å²) >= 11 is 0. The third-order valence-electron chi connectivity index (χ3n) is 4.92. The van der Waals surface area contributed by atoms with Gasteiger partial charge in [-0.2, -0.15) is 0 Å². The number of hydrogen-bond acceptors (Lipinski definition) is 4. The smallest absolute Gasteiger partial charge is 0.141 e. The molecule has 116 valence electrons. The van der Waals surface area contributed by atoms with E-state index in [1.165, 1.54) is 38.2 Å². The Morgan fingerprint density at radius 1 is 1.43 bits per heavy atom. The molecule has 3 unspecified atom stereocenters. The van der Waals surface area contributed by atoms with Crippen LogP contribution in [0.15, 0.2) is 18.3 Å². The standard InChI is InChI=1S/C16H25FN4/c1-12-10-21-7-2-3-14(21)11-20(12)8-6-15(18)16-5-4-13(17)9-19-16/h4-5,9,12,14-15H,2-3,6-8,10-11,18H2,1H3. The van der Waals surface area contributed by atoms with Crippen molar-refractivity contribution in [1.82, 2.24) is 14.8 Å². The van der Waals surface area contributed by atoms with Crippen molar-refractivity contribution in [3.63, 3.8) is 0 Å². The van der Waals surface area contributed by atoms with Gasteiger partial charge in [-0.3, -0.25) is 14.8 Å². The van der Waals surface area contributed by atoms with Crippen molar-refractivity contribution in [3.05, 3.63) is 29.8 Å². The van der Waals surface area contributed by atoms with Gasteiger partial charge in [-0.15, -0.1) is 0 Å². The van der Waals surface area contributed by atoms with E-state index in [1.807, 2.05) is 0 Å². The molecule has 2 saturated heterocycles. The van der Waals surface area contributed by atoms with Gasteiger partial charge in [-0.05, 0) is 44.9 Å². The fourth-order valence-electron chi connectivity index (χ4n) is 3.62. The highest BCUT2D eigenvalue weighted by molar-refractivity contribution is 5.09. The van der Waals surface area contributed by atoms with Crippen LogP contribution < -0.4 is 5.73 Å². The predicted molar refractivity (Wildman–Crippen MR) is 81.4 cm³/mol. The Morgan fingerprint density at radius 2 is 2.29 bits per heavy atom. The highest BCUT2D eigenvalue weighted by atomic mass is 19.1. The zero-order chi connectivity index (χ0) is 14.8. The first kappa shape index (κ1) is 14.9. The molecule has 4 nitrogen and oxygen atoms in total. The van der Waals surface area contributed by atoms with E-state index in [2.05, 4.69) is 21.7 Å². The Bertz CT molecular complexity index is 464. The summed E-state index contributed by atoms with van der Waals surface area (Å²) in [7, 11) is 0. The van der Waals surface area contributed by atoms with Crippen LogP contribution in [-0.4, -0.2) is 53.0 Å². The van der Waals surface area contributed by atoms with E-state index in [0.717, 1.165) is 31.2 Å². The lowest BCUT2D eigenvalue weighted by Gasteiger charge is -2.42. The van der Waals surface area contributed by atoms with Crippen molar-refractivity contribution in [2.24, 2.45) is 5.73 Å². The number of nitrogens with zero attached hydrogens (tertiary/aromatic N) is 3. The van der Waals surface area contributed by atoms with Crippen LogP contribution in [0.1, 0.15) is 37.9 Å². The van der Waals surface area contributed by atoms with E-state index >= 15 is 0 Å². The van der Waals surface area contributed by atoms with Gasteiger partial charge in [0.1, 0.15) is 5.82 Å². The van der Waals surface area contributed by atoms with Crippen molar-refractivity contribution >= 4 is 0 Å². The maximum Gasteiger partial charge on any atom is 0.141 e. The molecule has 2 aliphatic heterocycles. The van der Waals surface area contributed by atoms with Crippen molar-refractivity contribution in [1.29, 1.82) is 0 Å². The van der Waals surface area contributed by atoms with Gasteiger partial charge in [0.05, 0.1) is 11.9 Å². The highest BCUT2D eigenvalue weighted by Gasteiger charge is 2.34. The van der Waals surface area contributed by atoms with Crippen molar-refractivity contribution in [3.8, 4) is 0 Å². The topological polar surface area (TPSA) is 45.4 Å². The minimum atomic E-state index is -0.308. The fourth-order valence-corrected chi connectivity index (χ4v) is 3.62. The monoisotopic (exact) mass is 292 g/mol. The largest absolute Gasteiger partial charge is 0.323 e. The Morgan fingerprint density at radius 3 is 3.05 bits per heavy atom. The lowest BCUT2D eigenvalue weighted by Crippen LogP contribution is -2.55. The van der Waals surface area contributed by atoms with Crippen LogP contribution in [0.3, 0.4) is 0 Å². The summed E-state index contributed by atoms with van der Waals surface area (Å²) in [5.41, 5.74) is 6.97. The van der Waals surface area contributed by atoms with Gasteiger partial charge in [0.15, 0.2) is 0 Å². The van der Waals surface area contributed by atoms with E-state index in [1.54, 1.807) is 6.07 Å². The first-order valence-corrected chi connectivity index (χ1v) is 7.98. The number of fused-ring (bicyclic) bond motifs is 1. The van der Waals surface area contributed by atoms with E-state index in [-0.39, 0.29) is 11.9 Å². The summed E-state index contributed by atoms with van der Waals surface area (Å²) in [5, 5.41) is 0. The summed E-state index contributed by atoms with van der Waals surface area (Å²) in [4.78, 5) is 9.27. The van der Waals surface area contributed by atoms with Crippen LogP contribution in [-0.2, 0) is 0 Å². The molecule has 3 heterocycles. The molecular formula is C16H25FN4. The molecule has 5 heteroatoms. The quantitative estimate of drug-likeness (QED) is 0.919. The zero-order valence-corrected chi connectivity index (χ0v) is 12.7. The minimum Gasteiger partial charge on any atom is -0.323 e. The molecule has 2 fully saturated rings. The second-order valence-corrected chi connectivity index (χ2v) is 6.43. The summed E-state index contributed by atoms with van der Waals surface area (Å²) in [6, 6.07) is 4.34. The summed E-state index contributed by atoms with van der Waals surface area (Å²) < 4.78 is 12.9. The third kappa shape index (κ3) is 3.42. The Kier molecular flexibility index (Phi) is 4.52. The molecule has 0 amide bonds. The number of hydrogen-bond donors (Lipinski definition) is 1. The summed E-state index contributed by atoms with van der Waals surface area (Å²) in [6.07, 6.45) is 4.78. The van der Waals surface area contributed by atoms with Crippen LogP contribution in [0.5, 0.6) is 0 Å². The Balaban J connectivity index is 1.53. The third-order valence-corrected chi connectivity index (χ3v) is 4.92. The van der Waals surface area contributed by atoms with Gasteiger partial charge in [-0.1, -0.05) is 0 Å². The molecule has 0 spiro atoms. The number of nitrogens with two attached hydrogens (primary N) is 1. The Hall–Kier alpha value is -1.04. The lowest BCUT2D eigenvalue weighted by atomic mass is 10.1. The molecule has 3 atom stereocenters. The maximum absolute atomic E-state index is 12.9. The second-order valence-electron chi connectivity index (χ2n) is 6.43. The van der Waals surface area contributed by atoms with Crippen LogP contribution in [0.4, 0.5) is 4.39 Å². The molecule has 0 aliphatic carbocycles. The lowest BCUT2D eigenvalue weighted by molar-refractivity contribution is 0.0574. The molecule has 0 aromatic carbocycles. The van der Waals surface area contributed by atoms with E-state index in [4.69, 9.17) is 5.73 Å². The van der Waals surface area contributed by atoms with Gasteiger partial charge in [0, 0.05) is 37.8 Å².